The van der Waals surface area contributed by atoms with Crippen LogP contribution in [0, 0.1) is 0 Å². The Hall–Kier alpha value is -2.14. The molecular weight excluding hydrogens is 286 g/mol. The van der Waals surface area contributed by atoms with E-state index < -0.39 is 16.1 Å². The zero-order valence-electron chi connectivity index (χ0n) is 11.9. The molecule has 0 spiro atoms. The summed E-state index contributed by atoms with van der Waals surface area (Å²) in [4.78, 5) is 11.9. The summed E-state index contributed by atoms with van der Waals surface area (Å²) in [6, 6.07) is 16.0. The number of para-hydroxylation sites is 1. The molecule has 0 heterocycles. The third-order valence-corrected chi connectivity index (χ3v) is 5.16. The molecule has 1 atom stereocenters. The molecular formula is C16H17NO3S. The lowest BCUT2D eigenvalue weighted by Crippen LogP contribution is -2.42. The first-order chi connectivity index (χ1) is 9.94. The number of carbonyl (C=O) groups excluding carboxylic acids is 1. The van der Waals surface area contributed by atoms with Crippen LogP contribution in [-0.2, 0) is 14.8 Å². The van der Waals surface area contributed by atoms with Gasteiger partial charge in [0, 0.05) is 0 Å². The monoisotopic (exact) mass is 303 g/mol. The molecule has 0 fully saturated rings. The smallest absolute Gasteiger partial charge is 0.264 e. The first-order valence-electron chi connectivity index (χ1n) is 6.59. The van der Waals surface area contributed by atoms with E-state index in [-0.39, 0.29) is 10.7 Å². The molecule has 0 saturated carbocycles. The van der Waals surface area contributed by atoms with Crippen molar-refractivity contribution in [3.63, 3.8) is 0 Å². The molecule has 0 aromatic heterocycles. The largest absolute Gasteiger partial charge is 0.298 e. The van der Waals surface area contributed by atoms with Crippen LogP contribution in [0.2, 0.25) is 0 Å². The van der Waals surface area contributed by atoms with Crippen LogP contribution in [0.3, 0.4) is 0 Å². The van der Waals surface area contributed by atoms with Crippen molar-refractivity contribution in [3.05, 3.63) is 60.7 Å². The Morgan fingerprint density at radius 1 is 0.952 bits per heavy atom. The lowest BCUT2D eigenvalue weighted by atomic mass is 10.2. The van der Waals surface area contributed by atoms with Crippen molar-refractivity contribution in [1.82, 2.24) is 0 Å². The van der Waals surface area contributed by atoms with Gasteiger partial charge >= 0.3 is 0 Å². The molecule has 0 aliphatic rings. The number of carbonyl (C=O) groups is 1. The summed E-state index contributed by atoms with van der Waals surface area (Å²) in [5.74, 6) is -0.210. The molecule has 0 aliphatic carbocycles. The lowest BCUT2D eigenvalue weighted by Gasteiger charge is -2.29. The minimum absolute atomic E-state index is 0.168. The Bertz CT molecular complexity index is 712. The van der Waals surface area contributed by atoms with Crippen molar-refractivity contribution >= 4 is 21.5 Å². The third-order valence-electron chi connectivity index (χ3n) is 3.25. The first kappa shape index (κ1) is 15.3. The average Bonchev–Trinajstić information content (AvgIpc) is 2.49. The molecule has 0 aliphatic heterocycles. The topological polar surface area (TPSA) is 54.5 Å². The molecule has 2 rings (SSSR count). The highest BCUT2D eigenvalue weighted by Gasteiger charge is 2.31. The first-order valence-corrected chi connectivity index (χ1v) is 8.03. The number of ketones is 1. The maximum atomic E-state index is 12.9. The van der Waals surface area contributed by atoms with E-state index in [2.05, 4.69) is 0 Å². The predicted octanol–water partition coefficient (Wildman–Crippen LogP) is 2.86. The van der Waals surface area contributed by atoms with Gasteiger partial charge in [0.05, 0.1) is 10.6 Å². The fourth-order valence-corrected chi connectivity index (χ4v) is 3.71. The molecule has 0 saturated heterocycles. The van der Waals surface area contributed by atoms with Gasteiger partial charge in [-0.2, -0.15) is 0 Å². The van der Waals surface area contributed by atoms with Crippen molar-refractivity contribution < 1.29 is 13.2 Å². The zero-order valence-corrected chi connectivity index (χ0v) is 12.7. The van der Waals surface area contributed by atoms with Crippen molar-refractivity contribution in [2.45, 2.75) is 24.8 Å². The minimum Gasteiger partial charge on any atom is -0.298 e. The second-order valence-electron chi connectivity index (χ2n) is 4.74. The maximum Gasteiger partial charge on any atom is 0.264 e. The van der Waals surface area contributed by atoms with Crippen molar-refractivity contribution in [1.29, 1.82) is 0 Å². The van der Waals surface area contributed by atoms with Gasteiger partial charge in [-0.25, -0.2) is 8.42 Å². The number of hydrogen-bond donors (Lipinski definition) is 0. The Morgan fingerprint density at radius 3 is 1.90 bits per heavy atom. The molecule has 0 radical (unpaired) electrons. The molecule has 110 valence electrons. The lowest BCUT2D eigenvalue weighted by molar-refractivity contribution is -0.117. The van der Waals surface area contributed by atoms with Crippen LogP contribution in [0.4, 0.5) is 5.69 Å². The van der Waals surface area contributed by atoms with Crippen LogP contribution in [0.25, 0.3) is 0 Å². The van der Waals surface area contributed by atoms with Crippen LogP contribution in [0.1, 0.15) is 13.8 Å². The maximum absolute atomic E-state index is 12.9. The van der Waals surface area contributed by atoms with Crippen molar-refractivity contribution in [2.24, 2.45) is 0 Å². The minimum atomic E-state index is -3.79. The predicted molar refractivity (Wildman–Crippen MR) is 82.7 cm³/mol. The molecule has 21 heavy (non-hydrogen) atoms. The number of rotatable bonds is 5. The van der Waals surface area contributed by atoms with Crippen molar-refractivity contribution in [3.8, 4) is 0 Å². The van der Waals surface area contributed by atoms with E-state index in [1.54, 1.807) is 55.5 Å². The zero-order chi connectivity index (χ0) is 15.5. The molecule has 2 aromatic rings. The Kier molecular flexibility index (Phi) is 4.43. The van der Waals surface area contributed by atoms with Gasteiger partial charge in [0.2, 0.25) is 0 Å². The normalized spacial score (nSPS) is 12.7. The molecule has 2 aromatic carbocycles. The van der Waals surface area contributed by atoms with E-state index in [1.165, 1.54) is 23.4 Å². The third kappa shape index (κ3) is 3.13. The molecule has 0 amide bonds. The van der Waals surface area contributed by atoms with Gasteiger partial charge in [0.25, 0.3) is 10.0 Å². The Labute approximate surface area is 125 Å². The summed E-state index contributed by atoms with van der Waals surface area (Å²) in [6.07, 6.45) is 0. The van der Waals surface area contributed by atoms with Gasteiger partial charge in [-0.1, -0.05) is 36.4 Å². The number of Topliss-reactive ketones (excluding diaryl/α,β-unsaturated/α-hetero) is 1. The van der Waals surface area contributed by atoms with Gasteiger partial charge in [0.1, 0.15) is 6.04 Å². The van der Waals surface area contributed by atoms with Crippen LogP contribution in [-0.4, -0.2) is 20.2 Å². The summed E-state index contributed by atoms with van der Waals surface area (Å²) in [7, 11) is -3.79. The summed E-state index contributed by atoms with van der Waals surface area (Å²) < 4.78 is 26.9. The van der Waals surface area contributed by atoms with E-state index in [4.69, 9.17) is 0 Å². The highest BCUT2D eigenvalue weighted by Crippen LogP contribution is 2.26. The molecule has 5 heteroatoms. The Morgan fingerprint density at radius 2 is 1.43 bits per heavy atom. The number of anilines is 1. The molecule has 0 N–H and O–H groups in total. The van der Waals surface area contributed by atoms with E-state index in [0.717, 1.165) is 0 Å². The molecule has 0 bridgehead atoms. The number of hydrogen-bond acceptors (Lipinski definition) is 3. The second kappa shape index (κ2) is 6.10. The number of sulfonamides is 1. The Balaban J connectivity index is 2.58. The average molecular weight is 303 g/mol. The number of nitrogens with zero attached hydrogens (tertiary/aromatic N) is 1. The van der Waals surface area contributed by atoms with Crippen LogP contribution in [0.15, 0.2) is 65.6 Å². The fraction of sp³-hybridized carbons (Fsp3) is 0.188. The van der Waals surface area contributed by atoms with Crippen LogP contribution in [0.5, 0.6) is 0 Å². The van der Waals surface area contributed by atoms with Gasteiger partial charge in [-0.15, -0.1) is 0 Å². The fourth-order valence-electron chi connectivity index (χ4n) is 2.02. The van der Waals surface area contributed by atoms with Crippen LogP contribution >= 0.6 is 0 Å². The van der Waals surface area contributed by atoms with E-state index in [1.807, 2.05) is 0 Å². The highest BCUT2D eigenvalue weighted by molar-refractivity contribution is 7.92. The summed E-state index contributed by atoms with van der Waals surface area (Å²) in [6.45, 7) is 2.98. The molecule has 1 unspecified atom stereocenters. The van der Waals surface area contributed by atoms with Gasteiger partial charge < -0.3 is 0 Å². The standard InChI is InChI=1S/C16H17NO3S/c1-13(14(2)18)17(15-9-5-3-6-10-15)21(19,20)16-11-7-4-8-12-16/h3-13H,1-2H3. The van der Waals surface area contributed by atoms with Gasteiger partial charge in [-0.3, -0.25) is 9.10 Å². The molecule has 4 nitrogen and oxygen atoms in total. The summed E-state index contributed by atoms with van der Waals surface area (Å²) in [5, 5.41) is 0. The summed E-state index contributed by atoms with van der Waals surface area (Å²) >= 11 is 0. The SMILES string of the molecule is CC(=O)C(C)N(c1ccccc1)S(=O)(=O)c1ccccc1. The van der Waals surface area contributed by atoms with Gasteiger partial charge in [0.15, 0.2) is 5.78 Å². The van der Waals surface area contributed by atoms with E-state index in [9.17, 15) is 13.2 Å². The quantitative estimate of drug-likeness (QED) is 0.853. The van der Waals surface area contributed by atoms with E-state index >= 15 is 0 Å². The van der Waals surface area contributed by atoms with Crippen LogP contribution < -0.4 is 4.31 Å². The van der Waals surface area contributed by atoms with E-state index in [0.29, 0.717) is 5.69 Å². The van der Waals surface area contributed by atoms with Crippen molar-refractivity contribution in [2.75, 3.05) is 4.31 Å². The second-order valence-corrected chi connectivity index (χ2v) is 6.55. The van der Waals surface area contributed by atoms with Gasteiger partial charge in [-0.05, 0) is 38.1 Å². The summed E-state index contributed by atoms with van der Waals surface area (Å²) in [5.41, 5.74) is 0.476. The number of benzene rings is 2. The highest BCUT2D eigenvalue weighted by atomic mass is 32.2.